The van der Waals surface area contributed by atoms with Crippen LogP contribution < -0.4 is 5.32 Å². The van der Waals surface area contributed by atoms with Crippen molar-refractivity contribution in [1.82, 2.24) is 20.3 Å². The average Bonchev–Trinajstić information content (AvgIpc) is 3.04. The molecule has 1 amide bonds. The predicted octanol–water partition coefficient (Wildman–Crippen LogP) is 1.93. The first kappa shape index (κ1) is 17.1. The van der Waals surface area contributed by atoms with Crippen LogP contribution in [-0.4, -0.2) is 38.7 Å². The molecule has 124 valence electrons. The van der Waals surface area contributed by atoms with Gasteiger partial charge in [-0.25, -0.2) is 9.07 Å². The molecule has 0 fully saturated rings. The van der Waals surface area contributed by atoms with Gasteiger partial charge in [-0.1, -0.05) is 31.9 Å². The number of hydrogen-bond acceptors (Lipinski definition) is 4. The van der Waals surface area contributed by atoms with Gasteiger partial charge in [0.25, 0.3) is 5.91 Å². The largest absolute Gasteiger partial charge is 0.391 e. The normalized spacial score (nSPS) is 12.4. The number of rotatable bonds is 7. The number of hydrogen-bond donors (Lipinski definition) is 2. The maximum absolute atomic E-state index is 12.9. The first-order chi connectivity index (χ1) is 11.0. The minimum atomic E-state index is -0.582. The van der Waals surface area contributed by atoms with Gasteiger partial charge in [-0.2, -0.15) is 0 Å². The number of halogens is 1. The van der Waals surface area contributed by atoms with Gasteiger partial charge in [0.2, 0.25) is 0 Å². The molecule has 2 rings (SSSR count). The van der Waals surface area contributed by atoms with Crippen molar-refractivity contribution in [2.75, 3.05) is 6.54 Å². The van der Waals surface area contributed by atoms with Gasteiger partial charge in [-0.3, -0.25) is 4.79 Å². The van der Waals surface area contributed by atoms with Crippen LogP contribution in [0.4, 0.5) is 4.39 Å². The van der Waals surface area contributed by atoms with Crippen LogP contribution >= 0.6 is 0 Å². The molecule has 0 aliphatic carbocycles. The van der Waals surface area contributed by atoms with E-state index in [1.165, 1.54) is 23.0 Å². The molecule has 6 nitrogen and oxygen atoms in total. The Morgan fingerprint density at radius 3 is 2.57 bits per heavy atom. The summed E-state index contributed by atoms with van der Waals surface area (Å²) in [5, 5.41) is 20.3. The number of aliphatic hydroxyl groups excluding tert-OH is 1. The Hall–Kier alpha value is -2.28. The second kappa shape index (κ2) is 7.82. The number of benzene rings is 1. The highest BCUT2D eigenvalue weighted by molar-refractivity contribution is 5.91. The molecular formula is C16H21FN4O2. The zero-order chi connectivity index (χ0) is 16.8. The van der Waals surface area contributed by atoms with E-state index in [4.69, 9.17) is 0 Å². The lowest BCUT2D eigenvalue weighted by atomic mass is 9.96. The summed E-state index contributed by atoms with van der Waals surface area (Å²) in [4.78, 5) is 12.0. The number of aliphatic hydroxyl groups is 1. The third kappa shape index (κ3) is 4.35. The highest BCUT2D eigenvalue weighted by atomic mass is 19.1. The lowest BCUT2D eigenvalue weighted by Gasteiger charge is -2.19. The van der Waals surface area contributed by atoms with E-state index < -0.39 is 12.0 Å². The SMILES string of the molecule is CCC(CC)C(O)CNC(=O)c1cn(-c2ccc(F)cc2)nn1. The summed E-state index contributed by atoms with van der Waals surface area (Å²) in [5.74, 6) is -0.587. The van der Waals surface area contributed by atoms with Crippen LogP contribution in [0.3, 0.4) is 0 Å². The fourth-order valence-electron chi connectivity index (χ4n) is 2.38. The summed E-state index contributed by atoms with van der Waals surface area (Å²) in [5.41, 5.74) is 0.751. The average molecular weight is 320 g/mol. The molecule has 7 heteroatoms. The zero-order valence-corrected chi connectivity index (χ0v) is 13.2. The Morgan fingerprint density at radius 2 is 1.96 bits per heavy atom. The molecule has 2 N–H and O–H groups in total. The molecule has 2 aromatic rings. The summed E-state index contributed by atoms with van der Waals surface area (Å²) in [7, 11) is 0. The van der Waals surface area contributed by atoms with Gasteiger partial charge in [-0.15, -0.1) is 5.10 Å². The zero-order valence-electron chi connectivity index (χ0n) is 13.2. The summed E-state index contributed by atoms with van der Waals surface area (Å²) in [6.45, 7) is 4.19. The number of carbonyl (C=O) groups excluding carboxylic acids is 1. The molecule has 0 aliphatic heterocycles. The molecule has 1 aromatic carbocycles. The van der Waals surface area contributed by atoms with Gasteiger partial charge >= 0.3 is 0 Å². The van der Waals surface area contributed by atoms with E-state index in [9.17, 15) is 14.3 Å². The van der Waals surface area contributed by atoms with Gasteiger partial charge in [0.05, 0.1) is 18.0 Å². The minimum absolute atomic E-state index is 0.145. The smallest absolute Gasteiger partial charge is 0.273 e. The quantitative estimate of drug-likeness (QED) is 0.817. The molecule has 1 heterocycles. The van der Waals surface area contributed by atoms with Crippen molar-refractivity contribution in [3.63, 3.8) is 0 Å². The number of aromatic nitrogens is 3. The molecule has 0 saturated heterocycles. The Kier molecular flexibility index (Phi) is 5.81. The third-order valence-corrected chi connectivity index (χ3v) is 3.88. The molecule has 1 atom stereocenters. The lowest BCUT2D eigenvalue weighted by Crippen LogP contribution is -2.36. The van der Waals surface area contributed by atoms with Gasteiger partial charge in [0.15, 0.2) is 5.69 Å². The topological polar surface area (TPSA) is 80.0 Å². The Balaban J connectivity index is 1.97. The minimum Gasteiger partial charge on any atom is -0.391 e. The molecule has 0 aliphatic rings. The summed E-state index contributed by atoms with van der Waals surface area (Å²) in [6, 6.07) is 5.70. The standard InChI is InChI=1S/C16H21FN4O2/c1-3-11(4-2)15(22)9-18-16(23)14-10-21(20-19-14)13-7-5-12(17)6-8-13/h5-8,10-11,15,22H,3-4,9H2,1-2H3,(H,18,23). The van der Waals surface area contributed by atoms with E-state index in [0.717, 1.165) is 12.8 Å². The van der Waals surface area contributed by atoms with E-state index in [0.29, 0.717) is 5.69 Å². The fraction of sp³-hybridized carbons (Fsp3) is 0.438. The van der Waals surface area contributed by atoms with E-state index >= 15 is 0 Å². The van der Waals surface area contributed by atoms with E-state index in [2.05, 4.69) is 15.6 Å². The lowest BCUT2D eigenvalue weighted by molar-refractivity contribution is 0.0813. The summed E-state index contributed by atoms with van der Waals surface area (Å²) < 4.78 is 14.3. The van der Waals surface area contributed by atoms with Gasteiger partial charge in [0.1, 0.15) is 5.82 Å². The number of carbonyl (C=O) groups is 1. The van der Waals surface area contributed by atoms with Crippen molar-refractivity contribution in [2.24, 2.45) is 5.92 Å². The molecular weight excluding hydrogens is 299 g/mol. The molecule has 0 saturated carbocycles. The Morgan fingerprint density at radius 1 is 1.30 bits per heavy atom. The van der Waals surface area contributed by atoms with Crippen LogP contribution in [0.25, 0.3) is 5.69 Å². The number of nitrogens with zero attached hydrogens (tertiary/aromatic N) is 3. The van der Waals surface area contributed by atoms with E-state index in [1.54, 1.807) is 12.1 Å². The van der Waals surface area contributed by atoms with Crippen LogP contribution in [0.1, 0.15) is 37.2 Å². The van der Waals surface area contributed by atoms with Crippen molar-refractivity contribution in [3.05, 3.63) is 42.0 Å². The Bertz CT molecular complexity index is 638. The van der Waals surface area contributed by atoms with Crippen molar-refractivity contribution in [2.45, 2.75) is 32.8 Å². The molecule has 23 heavy (non-hydrogen) atoms. The first-order valence-corrected chi connectivity index (χ1v) is 7.69. The van der Waals surface area contributed by atoms with Crippen molar-refractivity contribution < 1.29 is 14.3 Å². The fourth-order valence-corrected chi connectivity index (χ4v) is 2.38. The molecule has 0 bridgehead atoms. The van der Waals surface area contributed by atoms with Crippen LogP contribution in [0.5, 0.6) is 0 Å². The maximum atomic E-state index is 12.9. The highest BCUT2D eigenvalue weighted by Crippen LogP contribution is 2.12. The number of amides is 1. The molecule has 0 spiro atoms. The Labute approximate surface area is 134 Å². The molecule has 1 aromatic heterocycles. The first-order valence-electron chi connectivity index (χ1n) is 7.69. The van der Waals surface area contributed by atoms with Crippen molar-refractivity contribution in [3.8, 4) is 5.69 Å². The highest BCUT2D eigenvalue weighted by Gasteiger charge is 2.18. The van der Waals surface area contributed by atoms with Crippen molar-refractivity contribution in [1.29, 1.82) is 0 Å². The maximum Gasteiger partial charge on any atom is 0.273 e. The van der Waals surface area contributed by atoms with Crippen LogP contribution in [-0.2, 0) is 0 Å². The summed E-state index contributed by atoms with van der Waals surface area (Å²) in [6.07, 6.45) is 2.59. The van der Waals surface area contributed by atoms with E-state index in [1.807, 2.05) is 13.8 Å². The van der Waals surface area contributed by atoms with Crippen molar-refractivity contribution >= 4 is 5.91 Å². The van der Waals surface area contributed by atoms with Crippen LogP contribution in [0.15, 0.2) is 30.5 Å². The third-order valence-electron chi connectivity index (χ3n) is 3.88. The molecule has 0 radical (unpaired) electrons. The number of nitrogens with one attached hydrogen (secondary N) is 1. The van der Waals surface area contributed by atoms with E-state index in [-0.39, 0.29) is 24.0 Å². The van der Waals surface area contributed by atoms with Crippen LogP contribution in [0, 0.1) is 11.7 Å². The molecule has 1 unspecified atom stereocenters. The van der Waals surface area contributed by atoms with Gasteiger partial charge in [-0.05, 0) is 30.2 Å². The summed E-state index contributed by atoms with van der Waals surface area (Å²) >= 11 is 0. The monoisotopic (exact) mass is 320 g/mol. The van der Waals surface area contributed by atoms with Gasteiger partial charge < -0.3 is 10.4 Å². The second-order valence-corrected chi connectivity index (χ2v) is 5.38. The predicted molar refractivity (Wildman–Crippen MR) is 83.7 cm³/mol. The second-order valence-electron chi connectivity index (χ2n) is 5.38. The van der Waals surface area contributed by atoms with Gasteiger partial charge in [0, 0.05) is 6.54 Å². The van der Waals surface area contributed by atoms with Crippen LogP contribution in [0.2, 0.25) is 0 Å².